The number of nitrogens with zero attached hydrogens (tertiary/aromatic N) is 2. The van der Waals surface area contributed by atoms with Crippen LogP contribution in [0.4, 0.5) is 0 Å². The van der Waals surface area contributed by atoms with Crippen LogP contribution in [0.2, 0.25) is 0 Å². The van der Waals surface area contributed by atoms with Crippen molar-refractivity contribution < 1.29 is 24.3 Å². The summed E-state index contributed by atoms with van der Waals surface area (Å²) in [6, 6.07) is 0. The molecule has 0 amide bonds. The molecule has 0 bridgehead atoms. The van der Waals surface area contributed by atoms with Crippen molar-refractivity contribution in [1.82, 2.24) is 5.06 Å². The average molecular weight is 330 g/mol. The summed E-state index contributed by atoms with van der Waals surface area (Å²) in [4.78, 5) is 27.6. The molecule has 0 aromatic carbocycles. The van der Waals surface area contributed by atoms with Gasteiger partial charge in [0.05, 0.1) is 30.2 Å². The molecule has 0 spiro atoms. The summed E-state index contributed by atoms with van der Waals surface area (Å²) in [6.07, 6.45) is 10.7. The van der Waals surface area contributed by atoms with E-state index >= 15 is 0 Å². The zero-order valence-electron chi connectivity index (χ0n) is 13.4. The Morgan fingerprint density at radius 3 is 2.58 bits per heavy atom. The van der Waals surface area contributed by atoms with Gasteiger partial charge >= 0.3 is 11.9 Å². The lowest BCUT2D eigenvalue weighted by atomic mass is 10.1. The molecule has 1 N–H and O–H groups in total. The van der Waals surface area contributed by atoms with Gasteiger partial charge in [0.25, 0.3) is 0 Å². The van der Waals surface area contributed by atoms with Crippen molar-refractivity contribution in [3.8, 4) is 0 Å². The summed E-state index contributed by atoms with van der Waals surface area (Å²) >= 11 is 0. The van der Waals surface area contributed by atoms with Crippen LogP contribution in [0, 0.1) is 0 Å². The van der Waals surface area contributed by atoms with Gasteiger partial charge in [0.15, 0.2) is 0 Å². The van der Waals surface area contributed by atoms with E-state index in [4.69, 9.17) is 9.47 Å². The first kappa shape index (κ1) is 17.4. The molecule has 2 aliphatic rings. The first-order valence-electron chi connectivity index (χ1n) is 7.46. The summed E-state index contributed by atoms with van der Waals surface area (Å²) in [5.74, 6) is -1.04. The summed E-state index contributed by atoms with van der Waals surface area (Å²) < 4.78 is 9.83. The Bertz CT molecular complexity index is 710. The monoisotopic (exact) mass is 330 g/mol. The highest BCUT2D eigenvalue weighted by molar-refractivity contribution is 6.42. The van der Waals surface area contributed by atoms with E-state index in [1.807, 2.05) is 0 Å². The molecule has 2 rings (SSSR count). The van der Waals surface area contributed by atoms with E-state index in [1.54, 1.807) is 38.2 Å². The lowest BCUT2D eigenvalue weighted by molar-refractivity contribution is -0.139. The van der Waals surface area contributed by atoms with E-state index in [2.05, 4.69) is 4.99 Å². The molecule has 0 aliphatic carbocycles. The second-order valence-electron chi connectivity index (χ2n) is 4.68. The van der Waals surface area contributed by atoms with Gasteiger partial charge in [-0.15, -0.1) is 0 Å². The minimum Gasteiger partial charge on any atom is -0.462 e. The second-order valence-corrected chi connectivity index (χ2v) is 4.68. The van der Waals surface area contributed by atoms with E-state index in [1.165, 1.54) is 18.4 Å². The molecule has 0 saturated heterocycles. The largest absolute Gasteiger partial charge is 0.462 e. The van der Waals surface area contributed by atoms with Crippen LogP contribution in [-0.2, 0) is 19.1 Å². The predicted octanol–water partition coefficient (Wildman–Crippen LogP) is 2.04. The molecule has 0 aromatic rings. The van der Waals surface area contributed by atoms with Crippen molar-refractivity contribution in [1.29, 1.82) is 0 Å². The quantitative estimate of drug-likeness (QED) is 0.776. The number of aliphatic imine (C=N–C) groups is 1. The van der Waals surface area contributed by atoms with Gasteiger partial charge in [-0.3, -0.25) is 5.21 Å². The molecule has 7 nitrogen and oxygen atoms in total. The lowest BCUT2D eigenvalue weighted by Gasteiger charge is -2.20. The molecular weight excluding hydrogens is 312 g/mol. The topological polar surface area (TPSA) is 88.4 Å². The number of hydroxylamine groups is 2. The van der Waals surface area contributed by atoms with Crippen molar-refractivity contribution in [2.45, 2.75) is 13.8 Å². The molecule has 0 radical (unpaired) electrons. The standard InChI is InChI=1S/C17H18N2O5/c1-3-23-16(20)13-6-5-11-19(22)15(13)10-8-12-7-9-14(18-12)17(21)24-4-2/h5-11,22H,3-4H2,1-2H3/b12-8+,15-10-. The van der Waals surface area contributed by atoms with Crippen molar-refractivity contribution in [2.24, 2.45) is 4.99 Å². The fourth-order valence-electron chi connectivity index (χ4n) is 2.01. The number of ether oxygens (including phenoxy) is 2. The molecule has 0 saturated carbocycles. The molecule has 0 aromatic heterocycles. The zero-order valence-corrected chi connectivity index (χ0v) is 13.4. The number of hydrogen-bond donors (Lipinski definition) is 1. The first-order chi connectivity index (χ1) is 11.6. The first-order valence-corrected chi connectivity index (χ1v) is 7.46. The highest BCUT2D eigenvalue weighted by atomic mass is 16.5. The minimum atomic E-state index is -0.539. The predicted molar refractivity (Wildman–Crippen MR) is 86.9 cm³/mol. The number of esters is 2. The van der Waals surface area contributed by atoms with Gasteiger partial charge in [-0.1, -0.05) is 0 Å². The Hall–Kier alpha value is -2.93. The van der Waals surface area contributed by atoms with Crippen LogP contribution in [0.3, 0.4) is 0 Å². The number of allylic oxidation sites excluding steroid dienone is 5. The summed E-state index contributed by atoms with van der Waals surface area (Å²) in [5, 5.41) is 10.7. The molecule has 0 atom stereocenters. The van der Waals surface area contributed by atoms with Crippen LogP contribution in [0.25, 0.3) is 0 Å². The second kappa shape index (κ2) is 8.07. The highest BCUT2D eigenvalue weighted by Crippen LogP contribution is 2.21. The van der Waals surface area contributed by atoms with Crippen LogP contribution in [-0.4, -0.2) is 41.1 Å². The maximum atomic E-state index is 11.9. The Balaban J connectivity index is 2.22. The van der Waals surface area contributed by atoms with Gasteiger partial charge in [0.2, 0.25) is 0 Å². The van der Waals surface area contributed by atoms with Gasteiger partial charge in [-0.05, 0) is 50.3 Å². The van der Waals surface area contributed by atoms with Crippen LogP contribution in [0.1, 0.15) is 13.8 Å². The number of carbonyl (C=O) groups excluding carboxylic acids is 2. The van der Waals surface area contributed by atoms with Crippen LogP contribution in [0.5, 0.6) is 0 Å². The average Bonchev–Trinajstić information content (AvgIpc) is 3.03. The number of carbonyl (C=O) groups is 2. The zero-order chi connectivity index (χ0) is 17.5. The molecule has 2 aliphatic heterocycles. The van der Waals surface area contributed by atoms with E-state index in [9.17, 15) is 14.8 Å². The Labute approximate surface area is 139 Å². The minimum absolute atomic E-state index is 0.201. The normalized spacial score (nSPS) is 19.5. The van der Waals surface area contributed by atoms with E-state index < -0.39 is 11.9 Å². The van der Waals surface area contributed by atoms with E-state index in [0.29, 0.717) is 5.70 Å². The van der Waals surface area contributed by atoms with E-state index in [-0.39, 0.29) is 30.2 Å². The third-order valence-electron chi connectivity index (χ3n) is 3.07. The Kier molecular flexibility index (Phi) is 5.86. The maximum absolute atomic E-state index is 11.9. The Morgan fingerprint density at radius 1 is 1.17 bits per heavy atom. The fraction of sp³-hybridized carbons (Fsp3) is 0.235. The molecule has 24 heavy (non-hydrogen) atoms. The van der Waals surface area contributed by atoms with Gasteiger partial charge in [-0.2, -0.15) is 0 Å². The SMILES string of the molecule is CCOC(=O)C1=CC=CN(O)/C1=C\C=C1/C=CC(C(=O)OCC)=N1. The fourth-order valence-corrected chi connectivity index (χ4v) is 2.01. The van der Waals surface area contributed by atoms with Gasteiger partial charge in [-0.25, -0.2) is 19.6 Å². The van der Waals surface area contributed by atoms with Crippen molar-refractivity contribution in [2.75, 3.05) is 13.2 Å². The van der Waals surface area contributed by atoms with Crippen molar-refractivity contribution in [3.05, 3.63) is 59.6 Å². The molecule has 126 valence electrons. The summed E-state index contributed by atoms with van der Waals surface area (Å²) in [5.41, 5.74) is 1.16. The highest BCUT2D eigenvalue weighted by Gasteiger charge is 2.21. The van der Waals surface area contributed by atoms with Crippen molar-refractivity contribution >= 4 is 17.7 Å². The Morgan fingerprint density at radius 2 is 1.88 bits per heavy atom. The smallest absolute Gasteiger partial charge is 0.356 e. The molecule has 7 heteroatoms. The van der Waals surface area contributed by atoms with Crippen molar-refractivity contribution in [3.63, 3.8) is 0 Å². The lowest BCUT2D eigenvalue weighted by Crippen LogP contribution is -2.21. The van der Waals surface area contributed by atoms with Gasteiger partial charge < -0.3 is 9.47 Å². The molecule has 0 fully saturated rings. The summed E-state index contributed by atoms with van der Waals surface area (Å²) in [7, 11) is 0. The van der Waals surface area contributed by atoms with Gasteiger partial charge in [0, 0.05) is 6.20 Å². The molecular formula is C17H18N2O5. The summed E-state index contributed by atoms with van der Waals surface area (Å²) in [6.45, 7) is 3.92. The number of rotatable bonds is 5. The van der Waals surface area contributed by atoms with E-state index in [0.717, 1.165) is 5.06 Å². The third kappa shape index (κ3) is 4.08. The molecule has 0 unspecified atom stereocenters. The van der Waals surface area contributed by atoms with Crippen LogP contribution < -0.4 is 0 Å². The number of hydrogen-bond acceptors (Lipinski definition) is 7. The van der Waals surface area contributed by atoms with Gasteiger partial charge in [0.1, 0.15) is 5.71 Å². The molecule has 2 heterocycles. The maximum Gasteiger partial charge on any atom is 0.356 e. The van der Waals surface area contributed by atoms with Crippen LogP contribution in [0.15, 0.2) is 64.6 Å². The third-order valence-corrected chi connectivity index (χ3v) is 3.07. The van der Waals surface area contributed by atoms with Crippen LogP contribution >= 0.6 is 0 Å².